The first-order valence-corrected chi connectivity index (χ1v) is 9.03. The van der Waals surface area contributed by atoms with Gasteiger partial charge in [-0.2, -0.15) is 0 Å². The molecular formula is C19H11Cl2NO2S. The summed E-state index contributed by atoms with van der Waals surface area (Å²) in [6.07, 6.45) is 1.72. The molecule has 1 N–H and O–H groups in total. The van der Waals surface area contributed by atoms with E-state index in [-0.39, 0.29) is 5.91 Å². The minimum absolute atomic E-state index is 0.151. The number of thioether (sulfide) groups is 1. The van der Waals surface area contributed by atoms with Crippen LogP contribution < -0.4 is 5.32 Å². The molecule has 1 amide bonds. The average Bonchev–Trinajstić information content (AvgIpc) is 3.06. The van der Waals surface area contributed by atoms with E-state index >= 15 is 0 Å². The lowest BCUT2D eigenvalue weighted by atomic mass is 10.2. The summed E-state index contributed by atoms with van der Waals surface area (Å²) < 4.78 is 5.83. The number of fused-ring (bicyclic) bond motifs is 1. The molecule has 0 saturated heterocycles. The molecular weight excluding hydrogens is 377 g/mol. The van der Waals surface area contributed by atoms with Gasteiger partial charge in [0.15, 0.2) is 0 Å². The van der Waals surface area contributed by atoms with Gasteiger partial charge in [-0.15, -0.1) is 0 Å². The number of anilines is 1. The van der Waals surface area contributed by atoms with Gasteiger partial charge in [0.1, 0.15) is 11.5 Å². The molecule has 3 aromatic rings. The van der Waals surface area contributed by atoms with Crippen LogP contribution >= 0.6 is 35.0 Å². The maximum Gasteiger partial charge on any atom is 0.262 e. The van der Waals surface area contributed by atoms with Gasteiger partial charge in [0, 0.05) is 16.5 Å². The van der Waals surface area contributed by atoms with Crippen molar-refractivity contribution in [2.24, 2.45) is 0 Å². The van der Waals surface area contributed by atoms with Gasteiger partial charge in [-0.25, -0.2) is 0 Å². The number of amides is 1. The molecule has 2 aromatic carbocycles. The molecule has 25 heavy (non-hydrogen) atoms. The zero-order valence-electron chi connectivity index (χ0n) is 12.8. The monoisotopic (exact) mass is 387 g/mol. The molecule has 1 aliphatic rings. The molecule has 0 fully saturated rings. The number of carbonyl (C=O) groups is 1. The van der Waals surface area contributed by atoms with E-state index in [2.05, 4.69) is 5.32 Å². The van der Waals surface area contributed by atoms with Crippen molar-refractivity contribution < 1.29 is 9.21 Å². The number of carbonyl (C=O) groups excluding carboxylic acids is 1. The third-order valence-corrected chi connectivity index (χ3v) is 5.61. The van der Waals surface area contributed by atoms with Crippen LogP contribution in [0.25, 0.3) is 17.4 Å². The summed E-state index contributed by atoms with van der Waals surface area (Å²) in [6, 6.07) is 16.6. The lowest BCUT2D eigenvalue weighted by Crippen LogP contribution is -2.16. The molecule has 6 heteroatoms. The molecule has 0 radical (unpaired) electrons. The second-order valence-corrected chi connectivity index (χ2v) is 7.23. The Labute approximate surface area is 158 Å². The van der Waals surface area contributed by atoms with Gasteiger partial charge >= 0.3 is 0 Å². The molecule has 0 saturated carbocycles. The number of furan rings is 1. The molecule has 0 spiro atoms. The van der Waals surface area contributed by atoms with Crippen molar-refractivity contribution in [1.82, 2.24) is 0 Å². The number of hydrogen-bond acceptors (Lipinski definition) is 3. The van der Waals surface area contributed by atoms with Crippen LogP contribution in [0.4, 0.5) is 5.69 Å². The first-order chi connectivity index (χ1) is 12.1. The molecule has 0 unspecified atom stereocenters. The van der Waals surface area contributed by atoms with Crippen LogP contribution in [0.15, 0.2) is 68.8 Å². The molecule has 124 valence electrons. The first-order valence-electron chi connectivity index (χ1n) is 7.46. The van der Waals surface area contributed by atoms with Gasteiger partial charge in [0.2, 0.25) is 0 Å². The Hall–Kier alpha value is -2.14. The fourth-order valence-corrected chi connectivity index (χ4v) is 3.83. The van der Waals surface area contributed by atoms with Crippen LogP contribution in [0.2, 0.25) is 10.0 Å². The van der Waals surface area contributed by atoms with Crippen LogP contribution in [0.5, 0.6) is 0 Å². The predicted octanol–water partition coefficient (Wildman–Crippen LogP) is 6.34. The third kappa shape index (κ3) is 3.21. The topological polar surface area (TPSA) is 42.2 Å². The van der Waals surface area contributed by atoms with E-state index in [9.17, 15) is 4.79 Å². The summed E-state index contributed by atoms with van der Waals surface area (Å²) in [4.78, 5) is 13.8. The minimum Gasteiger partial charge on any atom is -0.457 e. The standard InChI is InChI=1S/C19H11Cl2NO2S/c20-13-5-3-4-12(18(13)21)15-9-8-11(24-15)10-17-19(23)22-14-6-1-2-7-16(14)25-17/h1-10H,(H,22,23)/b17-10-. The van der Waals surface area contributed by atoms with Crippen molar-refractivity contribution in [1.29, 1.82) is 0 Å². The fraction of sp³-hybridized carbons (Fsp3) is 0. The van der Waals surface area contributed by atoms with Gasteiger partial charge in [-0.1, -0.05) is 53.2 Å². The number of benzene rings is 2. The largest absolute Gasteiger partial charge is 0.457 e. The highest BCUT2D eigenvalue weighted by molar-refractivity contribution is 8.04. The van der Waals surface area contributed by atoms with E-state index in [1.54, 1.807) is 18.2 Å². The summed E-state index contributed by atoms with van der Waals surface area (Å²) in [7, 11) is 0. The smallest absolute Gasteiger partial charge is 0.262 e. The van der Waals surface area contributed by atoms with E-state index in [0.717, 1.165) is 10.6 Å². The summed E-state index contributed by atoms with van der Waals surface area (Å²) >= 11 is 13.7. The van der Waals surface area contributed by atoms with Crippen molar-refractivity contribution in [3.63, 3.8) is 0 Å². The maximum absolute atomic E-state index is 12.3. The SMILES string of the molecule is O=C1Nc2ccccc2S/C1=C\c1ccc(-c2cccc(Cl)c2Cl)o1. The van der Waals surface area contributed by atoms with Gasteiger partial charge in [0.25, 0.3) is 5.91 Å². The van der Waals surface area contributed by atoms with E-state index in [0.29, 0.717) is 32.0 Å². The Morgan fingerprint density at radius 1 is 1.00 bits per heavy atom. The summed E-state index contributed by atoms with van der Waals surface area (Å²) in [5, 5.41) is 3.79. The Morgan fingerprint density at radius 3 is 2.72 bits per heavy atom. The number of para-hydroxylation sites is 1. The molecule has 4 rings (SSSR count). The van der Waals surface area contributed by atoms with Crippen LogP contribution in [0.1, 0.15) is 5.76 Å². The van der Waals surface area contributed by atoms with Crippen molar-refractivity contribution in [3.8, 4) is 11.3 Å². The van der Waals surface area contributed by atoms with Crippen molar-refractivity contribution in [2.75, 3.05) is 5.32 Å². The normalized spacial score (nSPS) is 15.1. The fourth-order valence-electron chi connectivity index (χ4n) is 2.50. The highest BCUT2D eigenvalue weighted by Crippen LogP contribution is 2.39. The first kappa shape index (κ1) is 16.3. The Balaban J connectivity index is 1.66. The number of halogens is 2. The van der Waals surface area contributed by atoms with E-state index in [1.165, 1.54) is 11.8 Å². The Bertz CT molecular complexity index is 1010. The van der Waals surface area contributed by atoms with Crippen molar-refractivity contribution in [2.45, 2.75) is 4.90 Å². The van der Waals surface area contributed by atoms with E-state index in [1.807, 2.05) is 42.5 Å². The summed E-state index contributed by atoms with van der Waals surface area (Å²) in [6.45, 7) is 0. The molecule has 0 bridgehead atoms. The predicted molar refractivity (Wildman–Crippen MR) is 103 cm³/mol. The van der Waals surface area contributed by atoms with Crippen molar-refractivity contribution in [3.05, 3.63) is 75.3 Å². The second kappa shape index (κ2) is 6.64. The Kier molecular flexibility index (Phi) is 4.34. The average molecular weight is 388 g/mol. The quantitative estimate of drug-likeness (QED) is 0.521. The summed E-state index contributed by atoms with van der Waals surface area (Å²) in [5.41, 5.74) is 1.53. The maximum atomic E-state index is 12.3. The molecule has 3 nitrogen and oxygen atoms in total. The molecule has 0 atom stereocenters. The minimum atomic E-state index is -0.151. The molecule has 2 heterocycles. The zero-order chi connectivity index (χ0) is 17.4. The summed E-state index contributed by atoms with van der Waals surface area (Å²) in [5.74, 6) is 1.02. The van der Waals surface area contributed by atoms with Crippen LogP contribution in [-0.4, -0.2) is 5.91 Å². The van der Waals surface area contributed by atoms with E-state index < -0.39 is 0 Å². The second-order valence-electron chi connectivity index (χ2n) is 5.36. The van der Waals surface area contributed by atoms with Gasteiger partial charge < -0.3 is 9.73 Å². The highest BCUT2D eigenvalue weighted by Gasteiger charge is 2.21. The lowest BCUT2D eigenvalue weighted by Gasteiger charge is -2.17. The molecule has 1 aromatic heterocycles. The molecule has 0 aliphatic carbocycles. The lowest BCUT2D eigenvalue weighted by molar-refractivity contribution is -0.112. The number of rotatable bonds is 2. The van der Waals surface area contributed by atoms with Crippen molar-refractivity contribution >= 4 is 52.6 Å². The number of nitrogens with one attached hydrogen (secondary N) is 1. The van der Waals surface area contributed by atoms with Crippen LogP contribution in [0, 0.1) is 0 Å². The third-order valence-electron chi connectivity index (χ3n) is 3.70. The van der Waals surface area contributed by atoms with Gasteiger partial charge in [-0.05, 0) is 36.4 Å². The van der Waals surface area contributed by atoms with Gasteiger partial charge in [-0.3, -0.25) is 4.79 Å². The van der Waals surface area contributed by atoms with Crippen LogP contribution in [-0.2, 0) is 4.79 Å². The van der Waals surface area contributed by atoms with Crippen LogP contribution in [0.3, 0.4) is 0 Å². The molecule has 1 aliphatic heterocycles. The van der Waals surface area contributed by atoms with E-state index in [4.69, 9.17) is 27.6 Å². The zero-order valence-corrected chi connectivity index (χ0v) is 15.1. The Morgan fingerprint density at radius 2 is 1.84 bits per heavy atom. The van der Waals surface area contributed by atoms with Gasteiger partial charge in [0.05, 0.1) is 20.6 Å². The number of hydrogen-bond donors (Lipinski definition) is 1. The highest BCUT2D eigenvalue weighted by atomic mass is 35.5.